The van der Waals surface area contributed by atoms with Gasteiger partial charge in [0.2, 0.25) is 10.0 Å². The van der Waals surface area contributed by atoms with Crippen LogP contribution in [0.3, 0.4) is 0 Å². The van der Waals surface area contributed by atoms with E-state index in [1.54, 1.807) is 29.5 Å². The van der Waals surface area contributed by atoms with Crippen molar-refractivity contribution >= 4 is 51.3 Å². The number of likely N-dealkylation sites (N-methyl/N-ethyl adjacent to an activating group) is 1. The van der Waals surface area contributed by atoms with E-state index in [2.05, 4.69) is 37.4 Å². The van der Waals surface area contributed by atoms with Crippen LogP contribution in [-0.4, -0.2) is 59.7 Å². The molecule has 0 bridgehead atoms. The summed E-state index contributed by atoms with van der Waals surface area (Å²) in [5.74, 6) is 0.801. The molecule has 0 unspecified atom stereocenters. The average Bonchev–Trinajstić information content (AvgIpc) is 3.23. The van der Waals surface area contributed by atoms with E-state index in [9.17, 15) is 8.42 Å². The van der Waals surface area contributed by atoms with Gasteiger partial charge in [0.1, 0.15) is 0 Å². The van der Waals surface area contributed by atoms with Gasteiger partial charge in [-0.2, -0.15) is 0 Å². The van der Waals surface area contributed by atoms with E-state index in [-0.39, 0.29) is 35.4 Å². The molecule has 0 aliphatic carbocycles. The van der Waals surface area contributed by atoms with Gasteiger partial charge in [0.25, 0.3) is 0 Å². The zero-order valence-electron chi connectivity index (χ0n) is 17.6. The first kappa shape index (κ1) is 26.8. The maximum Gasteiger partial charge on any atom is 0.240 e. The fourth-order valence-corrected chi connectivity index (χ4v) is 4.43. The highest BCUT2D eigenvalue weighted by molar-refractivity contribution is 14.0. The van der Waals surface area contributed by atoms with Crippen LogP contribution in [0, 0.1) is 0 Å². The third-order valence-corrected chi connectivity index (χ3v) is 6.58. The summed E-state index contributed by atoms with van der Waals surface area (Å²) >= 11 is 1.75. The van der Waals surface area contributed by atoms with Gasteiger partial charge in [0.15, 0.2) is 5.96 Å². The van der Waals surface area contributed by atoms with Crippen LogP contribution in [0.25, 0.3) is 0 Å². The molecule has 1 aromatic heterocycles. The van der Waals surface area contributed by atoms with Gasteiger partial charge in [-0.15, -0.1) is 35.3 Å². The zero-order chi connectivity index (χ0) is 21.1. The molecular formula is C20H31IN4O3S2. The first-order valence-corrected chi connectivity index (χ1v) is 11.9. The van der Waals surface area contributed by atoms with Crippen LogP contribution in [-0.2, 0) is 27.7 Å². The van der Waals surface area contributed by atoms with Gasteiger partial charge in [-0.05, 0) is 42.5 Å². The maximum atomic E-state index is 12.4. The van der Waals surface area contributed by atoms with Crippen LogP contribution < -0.4 is 10.0 Å². The number of hydrogen-bond donors (Lipinski definition) is 2. The lowest BCUT2D eigenvalue weighted by Crippen LogP contribution is -2.39. The summed E-state index contributed by atoms with van der Waals surface area (Å²) in [7, 11) is -0.0136. The quantitative estimate of drug-likeness (QED) is 0.189. The lowest BCUT2D eigenvalue weighted by molar-refractivity contribution is 0.204. The number of guanidine groups is 1. The number of thiophene rings is 1. The topological polar surface area (TPSA) is 83.0 Å². The summed E-state index contributed by atoms with van der Waals surface area (Å²) in [5.41, 5.74) is 0.835. The normalized spacial score (nSPS) is 11.8. The van der Waals surface area contributed by atoms with Gasteiger partial charge >= 0.3 is 0 Å². The molecule has 0 saturated carbocycles. The number of methoxy groups -OCH3 is 1. The standard InChI is InChI=1S/C20H30N4O3S2.HI/c1-4-21-20(24(2)12-10-18-8-6-14-28-18)22-16-17-7-5-9-19(15-17)29(25,26)23-11-13-27-3;/h5-9,14-15,23H,4,10-13,16H2,1-3H3,(H,21,22);1H. The summed E-state index contributed by atoms with van der Waals surface area (Å²) in [4.78, 5) is 8.35. The van der Waals surface area contributed by atoms with E-state index in [1.807, 2.05) is 20.0 Å². The molecule has 0 atom stereocenters. The number of benzene rings is 1. The fraction of sp³-hybridized carbons (Fsp3) is 0.450. The molecule has 0 fully saturated rings. The number of rotatable bonds is 11. The van der Waals surface area contributed by atoms with Crippen LogP contribution in [0.15, 0.2) is 51.7 Å². The van der Waals surface area contributed by atoms with Gasteiger partial charge < -0.3 is 15.0 Å². The number of nitrogens with one attached hydrogen (secondary N) is 2. The molecule has 2 rings (SSSR count). The van der Waals surface area contributed by atoms with E-state index in [0.717, 1.165) is 31.0 Å². The average molecular weight is 567 g/mol. The fourth-order valence-electron chi connectivity index (χ4n) is 2.65. The number of hydrogen-bond acceptors (Lipinski definition) is 5. The van der Waals surface area contributed by atoms with E-state index in [4.69, 9.17) is 4.74 Å². The lowest BCUT2D eigenvalue weighted by Gasteiger charge is -2.21. The van der Waals surface area contributed by atoms with Crippen molar-refractivity contribution in [3.63, 3.8) is 0 Å². The molecule has 0 amide bonds. The van der Waals surface area contributed by atoms with E-state index < -0.39 is 10.0 Å². The van der Waals surface area contributed by atoms with Crippen LogP contribution in [0.5, 0.6) is 0 Å². The third kappa shape index (κ3) is 8.88. The minimum absolute atomic E-state index is 0. The molecule has 30 heavy (non-hydrogen) atoms. The van der Waals surface area contributed by atoms with E-state index in [0.29, 0.717) is 13.2 Å². The molecular weight excluding hydrogens is 535 g/mol. The summed E-state index contributed by atoms with van der Waals surface area (Å²) in [6, 6.07) is 11.1. The molecule has 0 aliphatic rings. The Morgan fingerprint density at radius 1 is 1.27 bits per heavy atom. The number of ether oxygens (including phenoxy) is 1. The van der Waals surface area contributed by atoms with Crippen molar-refractivity contribution in [1.82, 2.24) is 14.9 Å². The van der Waals surface area contributed by atoms with Crippen molar-refractivity contribution in [2.24, 2.45) is 4.99 Å². The highest BCUT2D eigenvalue weighted by Gasteiger charge is 2.14. The van der Waals surface area contributed by atoms with Gasteiger partial charge in [-0.3, -0.25) is 0 Å². The van der Waals surface area contributed by atoms with E-state index >= 15 is 0 Å². The SMILES string of the molecule is CCNC(=NCc1cccc(S(=O)(=O)NCCOC)c1)N(C)CCc1cccs1.I. The number of nitrogens with zero attached hydrogens (tertiary/aromatic N) is 2. The number of aliphatic imine (C=N–C) groups is 1. The molecule has 168 valence electrons. The number of halogens is 1. The second kappa shape index (κ2) is 14.0. The maximum absolute atomic E-state index is 12.4. The predicted molar refractivity (Wildman–Crippen MR) is 134 cm³/mol. The Morgan fingerprint density at radius 3 is 2.73 bits per heavy atom. The van der Waals surface area contributed by atoms with Crippen LogP contribution >= 0.6 is 35.3 Å². The minimum Gasteiger partial charge on any atom is -0.383 e. The van der Waals surface area contributed by atoms with Gasteiger partial charge in [0.05, 0.1) is 18.0 Å². The van der Waals surface area contributed by atoms with Crippen molar-refractivity contribution in [2.45, 2.75) is 24.8 Å². The van der Waals surface area contributed by atoms with Crippen LogP contribution in [0.4, 0.5) is 0 Å². The molecule has 7 nitrogen and oxygen atoms in total. The van der Waals surface area contributed by atoms with Gasteiger partial charge in [0, 0.05) is 38.7 Å². The molecule has 0 aliphatic heterocycles. The lowest BCUT2D eigenvalue weighted by atomic mass is 10.2. The van der Waals surface area contributed by atoms with E-state index in [1.165, 1.54) is 12.0 Å². The second-order valence-corrected chi connectivity index (χ2v) is 9.26. The Balaban J connectivity index is 0.00000450. The highest BCUT2D eigenvalue weighted by atomic mass is 127. The number of sulfonamides is 1. The molecule has 1 heterocycles. The van der Waals surface area contributed by atoms with Crippen molar-refractivity contribution < 1.29 is 13.2 Å². The Labute approximate surface area is 201 Å². The third-order valence-electron chi connectivity index (χ3n) is 4.19. The predicted octanol–water partition coefficient (Wildman–Crippen LogP) is 2.93. The minimum atomic E-state index is -3.56. The molecule has 0 radical (unpaired) electrons. The molecule has 2 N–H and O–H groups in total. The smallest absolute Gasteiger partial charge is 0.240 e. The zero-order valence-corrected chi connectivity index (χ0v) is 21.6. The highest BCUT2D eigenvalue weighted by Crippen LogP contribution is 2.13. The molecule has 2 aromatic rings. The molecule has 10 heteroatoms. The Morgan fingerprint density at radius 2 is 2.07 bits per heavy atom. The van der Waals surface area contributed by atoms with Crippen molar-refractivity contribution in [3.05, 3.63) is 52.2 Å². The monoisotopic (exact) mass is 566 g/mol. The summed E-state index contributed by atoms with van der Waals surface area (Å²) in [5, 5.41) is 5.38. The summed E-state index contributed by atoms with van der Waals surface area (Å²) < 4.78 is 32.2. The van der Waals surface area contributed by atoms with Crippen molar-refractivity contribution in [2.75, 3.05) is 40.4 Å². The Bertz CT molecular complexity index is 874. The van der Waals surface area contributed by atoms with Crippen molar-refractivity contribution in [1.29, 1.82) is 0 Å². The first-order chi connectivity index (χ1) is 14.0. The molecule has 0 spiro atoms. The molecule has 0 saturated heterocycles. The van der Waals surface area contributed by atoms with Gasteiger partial charge in [-0.25, -0.2) is 18.1 Å². The Kier molecular flexibility index (Phi) is 12.5. The second-order valence-electron chi connectivity index (χ2n) is 6.46. The van der Waals surface area contributed by atoms with Crippen LogP contribution in [0.1, 0.15) is 17.4 Å². The first-order valence-electron chi connectivity index (χ1n) is 9.55. The van der Waals surface area contributed by atoms with Gasteiger partial charge in [-0.1, -0.05) is 18.2 Å². The largest absolute Gasteiger partial charge is 0.383 e. The summed E-state index contributed by atoms with van der Waals surface area (Å²) in [6.07, 6.45) is 0.958. The van der Waals surface area contributed by atoms with Crippen molar-refractivity contribution in [3.8, 4) is 0 Å². The summed E-state index contributed by atoms with van der Waals surface area (Å²) in [6.45, 7) is 4.60. The Hall–Kier alpha value is -1.21. The molecule has 1 aromatic carbocycles. The van der Waals surface area contributed by atoms with Crippen LogP contribution in [0.2, 0.25) is 0 Å².